The lowest BCUT2D eigenvalue weighted by Gasteiger charge is -2.19. The first-order valence-electron chi connectivity index (χ1n) is 5.27. The Kier molecular flexibility index (Phi) is 3.58. The van der Waals surface area contributed by atoms with Crippen molar-refractivity contribution in [3.8, 4) is 5.75 Å². The number of methoxy groups -OCH3 is 1. The number of ether oxygens (including phenoxy) is 1. The smallest absolute Gasteiger partial charge is 0.310 e. The van der Waals surface area contributed by atoms with Gasteiger partial charge in [-0.15, -0.1) is 0 Å². The summed E-state index contributed by atoms with van der Waals surface area (Å²) in [5.41, 5.74) is 3.87. The van der Waals surface area contributed by atoms with E-state index in [-0.39, 0.29) is 0 Å². The number of carbonyl (C=O) groups is 1. The standard InChI is InChI=1S/C13H18O3/c1-7-6-8(2)11(10(4)13(14)15)12(16-5)9(7)3/h6,10H,1-5H3,(H,14,15). The minimum Gasteiger partial charge on any atom is -0.496 e. The number of hydrogen-bond donors (Lipinski definition) is 1. The van der Waals surface area contributed by atoms with E-state index in [1.165, 1.54) is 0 Å². The summed E-state index contributed by atoms with van der Waals surface area (Å²) < 4.78 is 5.35. The van der Waals surface area contributed by atoms with E-state index in [0.29, 0.717) is 5.75 Å². The third-order valence-electron chi connectivity index (χ3n) is 3.04. The Morgan fingerprint density at radius 1 is 1.31 bits per heavy atom. The quantitative estimate of drug-likeness (QED) is 0.855. The third kappa shape index (κ3) is 2.03. The van der Waals surface area contributed by atoms with Gasteiger partial charge in [0.25, 0.3) is 0 Å². The van der Waals surface area contributed by atoms with Gasteiger partial charge in [0, 0.05) is 5.56 Å². The largest absolute Gasteiger partial charge is 0.496 e. The van der Waals surface area contributed by atoms with Gasteiger partial charge in [0.05, 0.1) is 13.0 Å². The fraction of sp³-hybridized carbons (Fsp3) is 0.462. The summed E-state index contributed by atoms with van der Waals surface area (Å²) in [5, 5.41) is 9.08. The molecule has 3 heteroatoms. The van der Waals surface area contributed by atoms with E-state index in [1.54, 1.807) is 14.0 Å². The zero-order valence-electron chi connectivity index (χ0n) is 10.4. The first-order chi connectivity index (χ1) is 7.40. The van der Waals surface area contributed by atoms with Crippen molar-refractivity contribution < 1.29 is 14.6 Å². The van der Waals surface area contributed by atoms with E-state index in [1.807, 2.05) is 26.8 Å². The highest BCUT2D eigenvalue weighted by molar-refractivity contribution is 5.78. The van der Waals surface area contributed by atoms with Crippen molar-refractivity contribution in [2.24, 2.45) is 0 Å². The van der Waals surface area contributed by atoms with Crippen LogP contribution in [-0.4, -0.2) is 18.2 Å². The van der Waals surface area contributed by atoms with Crippen LogP contribution in [0.15, 0.2) is 6.07 Å². The van der Waals surface area contributed by atoms with Gasteiger partial charge in [-0.1, -0.05) is 6.07 Å². The van der Waals surface area contributed by atoms with Gasteiger partial charge >= 0.3 is 5.97 Å². The van der Waals surface area contributed by atoms with Gasteiger partial charge < -0.3 is 9.84 Å². The number of aryl methyl sites for hydroxylation is 2. The van der Waals surface area contributed by atoms with Gasteiger partial charge in [-0.25, -0.2) is 0 Å². The van der Waals surface area contributed by atoms with Gasteiger partial charge in [0.15, 0.2) is 0 Å². The number of carboxylic acids is 1. The highest BCUT2D eigenvalue weighted by atomic mass is 16.5. The van der Waals surface area contributed by atoms with Gasteiger partial charge in [0.2, 0.25) is 0 Å². The summed E-state index contributed by atoms with van der Waals surface area (Å²) >= 11 is 0. The molecule has 1 unspecified atom stereocenters. The summed E-state index contributed by atoms with van der Waals surface area (Å²) in [4.78, 5) is 11.1. The zero-order chi connectivity index (χ0) is 12.5. The van der Waals surface area contributed by atoms with Crippen molar-refractivity contribution in [1.82, 2.24) is 0 Å². The lowest BCUT2D eigenvalue weighted by Crippen LogP contribution is -2.12. The van der Waals surface area contributed by atoms with Crippen LogP contribution in [0, 0.1) is 20.8 Å². The molecule has 1 aromatic rings. The number of rotatable bonds is 3. The Hall–Kier alpha value is -1.51. The Morgan fingerprint density at radius 2 is 1.88 bits per heavy atom. The maximum absolute atomic E-state index is 11.1. The molecule has 0 heterocycles. The molecule has 0 aromatic heterocycles. The van der Waals surface area contributed by atoms with Gasteiger partial charge in [0.1, 0.15) is 5.75 Å². The van der Waals surface area contributed by atoms with E-state index in [2.05, 4.69) is 0 Å². The highest BCUT2D eigenvalue weighted by Crippen LogP contribution is 2.34. The van der Waals surface area contributed by atoms with Crippen LogP contribution in [0.2, 0.25) is 0 Å². The molecule has 1 atom stereocenters. The number of benzene rings is 1. The second-order valence-corrected chi connectivity index (χ2v) is 4.14. The molecule has 0 spiro atoms. The van der Waals surface area contributed by atoms with Crippen LogP contribution < -0.4 is 4.74 Å². The average Bonchev–Trinajstić information content (AvgIpc) is 2.21. The van der Waals surface area contributed by atoms with E-state index < -0.39 is 11.9 Å². The van der Waals surface area contributed by atoms with Crippen LogP contribution in [0.5, 0.6) is 5.75 Å². The minimum absolute atomic E-state index is 0.547. The first kappa shape index (κ1) is 12.6. The van der Waals surface area contributed by atoms with Crippen molar-refractivity contribution in [1.29, 1.82) is 0 Å². The maximum atomic E-state index is 11.1. The van der Waals surface area contributed by atoms with E-state index in [4.69, 9.17) is 9.84 Å². The molecule has 1 aromatic carbocycles. The van der Waals surface area contributed by atoms with Crippen LogP contribution in [0.3, 0.4) is 0 Å². The number of hydrogen-bond acceptors (Lipinski definition) is 2. The van der Waals surface area contributed by atoms with E-state index in [9.17, 15) is 4.79 Å². The van der Waals surface area contributed by atoms with E-state index >= 15 is 0 Å². The molecule has 1 rings (SSSR count). The topological polar surface area (TPSA) is 46.5 Å². The Labute approximate surface area is 96.1 Å². The summed E-state index contributed by atoms with van der Waals surface area (Å²) in [5.74, 6) is -0.675. The summed E-state index contributed by atoms with van der Waals surface area (Å²) in [6.45, 7) is 7.55. The van der Waals surface area contributed by atoms with Crippen molar-refractivity contribution in [2.45, 2.75) is 33.6 Å². The van der Waals surface area contributed by atoms with Crippen LogP contribution in [0.4, 0.5) is 0 Å². The molecular weight excluding hydrogens is 204 g/mol. The zero-order valence-corrected chi connectivity index (χ0v) is 10.4. The second kappa shape index (κ2) is 4.56. The molecule has 0 saturated heterocycles. The molecule has 0 amide bonds. The van der Waals surface area contributed by atoms with Crippen molar-refractivity contribution >= 4 is 5.97 Å². The van der Waals surface area contributed by atoms with Crippen molar-refractivity contribution in [3.05, 3.63) is 28.3 Å². The predicted molar refractivity (Wildman–Crippen MR) is 63.3 cm³/mol. The summed E-state index contributed by atoms with van der Waals surface area (Å²) in [7, 11) is 1.58. The Balaban J connectivity index is 3.48. The molecule has 0 aliphatic heterocycles. The van der Waals surface area contributed by atoms with Crippen LogP contribution in [0.1, 0.15) is 35.1 Å². The maximum Gasteiger partial charge on any atom is 0.310 e. The lowest BCUT2D eigenvalue weighted by atomic mass is 9.91. The molecule has 0 bridgehead atoms. The number of aliphatic carboxylic acids is 1. The van der Waals surface area contributed by atoms with Gasteiger partial charge in [-0.05, 0) is 44.4 Å². The van der Waals surface area contributed by atoms with Crippen LogP contribution in [0.25, 0.3) is 0 Å². The number of carboxylic acid groups (broad SMARTS) is 1. The minimum atomic E-state index is -0.829. The Morgan fingerprint density at radius 3 is 2.31 bits per heavy atom. The molecule has 3 nitrogen and oxygen atoms in total. The molecule has 88 valence electrons. The first-order valence-corrected chi connectivity index (χ1v) is 5.27. The second-order valence-electron chi connectivity index (χ2n) is 4.14. The molecule has 1 N–H and O–H groups in total. The van der Waals surface area contributed by atoms with Gasteiger partial charge in [-0.2, -0.15) is 0 Å². The van der Waals surface area contributed by atoms with Crippen LogP contribution >= 0.6 is 0 Å². The summed E-state index contributed by atoms with van der Waals surface area (Å²) in [6, 6.07) is 2.01. The SMILES string of the molecule is COc1c(C)c(C)cc(C)c1C(C)C(=O)O. The molecule has 0 fully saturated rings. The van der Waals surface area contributed by atoms with Crippen LogP contribution in [-0.2, 0) is 4.79 Å². The van der Waals surface area contributed by atoms with Crippen molar-refractivity contribution in [2.75, 3.05) is 7.11 Å². The molecule has 0 aliphatic rings. The summed E-state index contributed by atoms with van der Waals surface area (Å²) in [6.07, 6.45) is 0. The molecule has 0 aliphatic carbocycles. The molecular formula is C13H18O3. The fourth-order valence-electron chi connectivity index (χ4n) is 2.00. The highest BCUT2D eigenvalue weighted by Gasteiger charge is 2.22. The monoisotopic (exact) mass is 222 g/mol. The Bertz CT molecular complexity index is 422. The normalized spacial score (nSPS) is 12.3. The fourth-order valence-corrected chi connectivity index (χ4v) is 2.00. The average molecular weight is 222 g/mol. The van der Waals surface area contributed by atoms with Gasteiger partial charge in [-0.3, -0.25) is 4.79 Å². The molecule has 0 radical (unpaired) electrons. The predicted octanol–water partition coefficient (Wildman–Crippen LogP) is 2.81. The molecule has 16 heavy (non-hydrogen) atoms. The van der Waals surface area contributed by atoms with Crippen molar-refractivity contribution in [3.63, 3.8) is 0 Å². The molecule has 0 saturated carbocycles. The third-order valence-corrected chi connectivity index (χ3v) is 3.04. The lowest BCUT2D eigenvalue weighted by molar-refractivity contribution is -0.138. The van der Waals surface area contributed by atoms with E-state index in [0.717, 1.165) is 22.3 Å².